The number of hydrogen-bond donors (Lipinski definition) is 2. The Kier molecular flexibility index (Phi) is 5.38. The fraction of sp³-hybridized carbons (Fsp3) is 0.500. The van der Waals surface area contributed by atoms with Gasteiger partial charge in [-0.25, -0.2) is 0 Å². The van der Waals surface area contributed by atoms with Crippen molar-refractivity contribution in [1.82, 2.24) is 5.32 Å². The lowest BCUT2D eigenvalue weighted by Gasteiger charge is -2.30. The highest BCUT2D eigenvalue weighted by Gasteiger charge is 2.28. The average molecular weight is 330 g/mol. The highest BCUT2D eigenvalue weighted by molar-refractivity contribution is 9.10. The summed E-state index contributed by atoms with van der Waals surface area (Å²) in [6.07, 6.45) is -1.27. The maximum atomic E-state index is 12.0. The summed E-state index contributed by atoms with van der Waals surface area (Å²) in [4.78, 5) is 12.0. The molecule has 4 nitrogen and oxygen atoms in total. The number of aliphatic hydroxyl groups excluding tert-OH is 1. The highest BCUT2D eigenvalue weighted by Crippen LogP contribution is 2.17. The van der Waals surface area contributed by atoms with Gasteiger partial charge in [-0.15, -0.1) is 0 Å². The second-order valence-corrected chi connectivity index (χ2v) is 6.02. The van der Waals surface area contributed by atoms with Gasteiger partial charge in [-0.05, 0) is 52.0 Å². The molecule has 1 aromatic carbocycles. The Morgan fingerprint density at radius 2 is 1.84 bits per heavy atom. The first-order valence-corrected chi connectivity index (χ1v) is 6.94. The van der Waals surface area contributed by atoms with Crippen LogP contribution in [0.3, 0.4) is 0 Å². The smallest absolute Gasteiger partial charge is 0.261 e. The monoisotopic (exact) mass is 329 g/mol. The van der Waals surface area contributed by atoms with E-state index < -0.39 is 17.7 Å². The van der Waals surface area contributed by atoms with E-state index >= 15 is 0 Å². The van der Waals surface area contributed by atoms with Gasteiger partial charge in [0.05, 0.1) is 11.6 Å². The summed E-state index contributed by atoms with van der Waals surface area (Å²) in [6, 6.07) is 7.26. The fourth-order valence-corrected chi connectivity index (χ4v) is 1.56. The number of benzene rings is 1. The maximum absolute atomic E-state index is 12.0. The molecule has 0 aliphatic carbocycles. The van der Waals surface area contributed by atoms with Gasteiger partial charge in [-0.1, -0.05) is 15.9 Å². The van der Waals surface area contributed by atoms with Crippen LogP contribution >= 0.6 is 15.9 Å². The first-order valence-electron chi connectivity index (χ1n) is 6.14. The zero-order valence-electron chi connectivity index (χ0n) is 11.6. The first kappa shape index (κ1) is 16.0. The number of carbonyl (C=O) groups excluding carboxylic acids is 1. The minimum absolute atomic E-state index is 0.256. The van der Waals surface area contributed by atoms with Gasteiger partial charge in [0.25, 0.3) is 5.91 Å². The molecule has 2 N–H and O–H groups in total. The molecule has 1 aromatic rings. The molecule has 2 unspecified atom stereocenters. The van der Waals surface area contributed by atoms with Crippen LogP contribution in [-0.4, -0.2) is 28.8 Å². The van der Waals surface area contributed by atoms with Gasteiger partial charge in [0.15, 0.2) is 6.10 Å². The fourth-order valence-electron chi connectivity index (χ4n) is 1.29. The van der Waals surface area contributed by atoms with Gasteiger partial charge < -0.3 is 15.2 Å². The summed E-state index contributed by atoms with van der Waals surface area (Å²) in [5.41, 5.74) is -0.686. The van der Waals surface area contributed by atoms with Crippen LogP contribution in [0.25, 0.3) is 0 Å². The molecule has 0 aromatic heterocycles. The van der Waals surface area contributed by atoms with E-state index in [2.05, 4.69) is 21.2 Å². The van der Waals surface area contributed by atoms with Crippen LogP contribution in [0.4, 0.5) is 0 Å². The molecule has 0 aliphatic heterocycles. The molecular weight excluding hydrogens is 310 g/mol. The third-order valence-electron chi connectivity index (χ3n) is 2.99. The summed E-state index contributed by atoms with van der Waals surface area (Å²) in [5.74, 6) is 0.370. The molecule has 0 fully saturated rings. The molecule has 2 atom stereocenters. The average Bonchev–Trinajstić information content (AvgIpc) is 2.31. The highest BCUT2D eigenvalue weighted by atomic mass is 79.9. The van der Waals surface area contributed by atoms with Crippen LogP contribution in [0, 0.1) is 0 Å². The second kappa shape index (κ2) is 6.39. The Balaban J connectivity index is 2.60. The van der Waals surface area contributed by atoms with Gasteiger partial charge in [-0.2, -0.15) is 0 Å². The maximum Gasteiger partial charge on any atom is 0.261 e. The zero-order valence-corrected chi connectivity index (χ0v) is 13.2. The van der Waals surface area contributed by atoms with Crippen molar-refractivity contribution in [2.45, 2.75) is 45.4 Å². The third kappa shape index (κ3) is 4.84. The normalized spacial score (nSPS) is 14.6. The molecular formula is C14H20BrNO3. The predicted octanol–water partition coefficient (Wildman–Crippen LogP) is 2.49. The van der Waals surface area contributed by atoms with E-state index in [0.717, 1.165) is 4.47 Å². The van der Waals surface area contributed by atoms with Crippen LogP contribution in [0.2, 0.25) is 0 Å². The van der Waals surface area contributed by atoms with Crippen LogP contribution in [0.15, 0.2) is 28.7 Å². The number of ether oxygens (including phenoxy) is 1. The van der Waals surface area contributed by atoms with Gasteiger partial charge in [0, 0.05) is 4.47 Å². The van der Waals surface area contributed by atoms with E-state index in [4.69, 9.17) is 4.74 Å². The minimum atomic E-state index is -0.686. The van der Waals surface area contributed by atoms with Crippen molar-refractivity contribution in [1.29, 1.82) is 0 Å². The lowest BCUT2D eigenvalue weighted by Crippen LogP contribution is -2.54. The Hall–Kier alpha value is -1.07. The molecule has 106 valence electrons. The Morgan fingerprint density at radius 1 is 1.32 bits per heavy atom. The Labute approximate surface area is 122 Å². The van der Waals surface area contributed by atoms with Gasteiger partial charge in [-0.3, -0.25) is 4.79 Å². The number of carbonyl (C=O) groups is 1. The molecule has 0 heterocycles. The van der Waals surface area contributed by atoms with Crippen LogP contribution < -0.4 is 10.1 Å². The molecule has 0 radical (unpaired) electrons. The molecule has 1 rings (SSSR count). The first-order chi connectivity index (χ1) is 8.72. The SMILES string of the molecule is CC(Oc1ccc(Br)cc1)C(=O)NC(C)(C)C(C)O. The largest absolute Gasteiger partial charge is 0.481 e. The summed E-state index contributed by atoms with van der Waals surface area (Å²) < 4.78 is 6.49. The number of rotatable bonds is 5. The van der Waals surface area contributed by atoms with Crippen LogP contribution in [-0.2, 0) is 4.79 Å². The summed E-state index contributed by atoms with van der Waals surface area (Å²) in [7, 11) is 0. The molecule has 0 spiro atoms. The number of halogens is 1. The molecule has 19 heavy (non-hydrogen) atoms. The van der Waals surface area contributed by atoms with Crippen molar-refractivity contribution in [2.75, 3.05) is 0 Å². The van der Waals surface area contributed by atoms with E-state index in [-0.39, 0.29) is 5.91 Å². The van der Waals surface area contributed by atoms with Crippen molar-refractivity contribution in [3.05, 3.63) is 28.7 Å². The minimum Gasteiger partial charge on any atom is -0.481 e. The van der Waals surface area contributed by atoms with E-state index in [1.165, 1.54) is 0 Å². The van der Waals surface area contributed by atoms with Gasteiger partial charge in [0.2, 0.25) is 0 Å². The van der Waals surface area contributed by atoms with E-state index in [1.54, 1.807) is 39.8 Å². The van der Waals surface area contributed by atoms with Crippen molar-refractivity contribution in [3.8, 4) is 5.75 Å². The quantitative estimate of drug-likeness (QED) is 0.872. The standard InChI is InChI=1S/C14H20BrNO3/c1-9(13(18)16-14(3,4)10(2)17)19-12-7-5-11(15)6-8-12/h5-10,17H,1-4H3,(H,16,18). The number of hydrogen-bond acceptors (Lipinski definition) is 3. The Morgan fingerprint density at radius 3 is 2.32 bits per heavy atom. The molecule has 1 amide bonds. The van der Waals surface area contributed by atoms with Crippen molar-refractivity contribution in [3.63, 3.8) is 0 Å². The van der Waals surface area contributed by atoms with Crippen LogP contribution in [0.1, 0.15) is 27.7 Å². The van der Waals surface area contributed by atoms with E-state index in [9.17, 15) is 9.90 Å². The number of nitrogens with one attached hydrogen (secondary N) is 1. The molecule has 5 heteroatoms. The molecule has 0 saturated heterocycles. The van der Waals surface area contributed by atoms with E-state index in [0.29, 0.717) is 5.75 Å². The van der Waals surface area contributed by atoms with Gasteiger partial charge in [0.1, 0.15) is 5.75 Å². The molecule has 0 bridgehead atoms. The van der Waals surface area contributed by atoms with Crippen molar-refractivity contribution >= 4 is 21.8 Å². The number of aliphatic hydroxyl groups is 1. The number of amides is 1. The van der Waals surface area contributed by atoms with Crippen molar-refractivity contribution in [2.24, 2.45) is 0 Å². The van der Waals surface area contributed by atoms with Crippen LogP contribution in [0.5, 0.6) is 5.75 Å². The van der Waals surface area contributed by atoms with Crippen molar-refractivity contribution < 1.29 is 14.6 Å². The lowest BCUT2D eigenvalue weighted by molar-refractivity contribution is -0.130. The second-order valence-electron chi connectivity index (χ2n) is 5.10. The third-order valence-corrected chi connectivity index (χ3v) is 3.51. The molecule has 0 saturated carbocycles. The summed E-state index contributed by atoms with van der Waals surface area (Å²) in [5, 5.41) is 12.3. The summed E-state index contributed by atoms with van der Waals surface area (Å²) in [6.45, 7) is 6.85. The predicted molar refractivity (Wildman–Crippen MR) is 78.1 cm³/mol. The summed E-state index contributed by atoms with van der Waals surface area (Å²) >= 11 is 3.33. The molecule has 0 aliphatic rings. The van der Waals surface area contributed by atoms with Gasteiger partial charge >= 0.3 is 0 Å². The topological polar surface area (TPSA) is 58.6 Å². The lowest BCUT2D eigenvalue weighted by atomic mass is 9.98. The Bertz CT molecular complexity index is 429. The zero-order chi connectivity index (χ0) is 14.6. The van der Waals surface area contributed by atoms with E-state index in [1.807, 2.05) is 12.1 Å².